The maximum absolute atomic E-state index is 13.5. The van der Waals surface area contributed by atoms with E-state index in [1.165, 1.54) is 6.92 Å². The molecule has 1 heterocycles. The lowest BCUT2D eigenvalue weighted by molar-refractivity contribution is -0.135. The van der Waals surface area contributed by atoms with Gasteiger partial charge in [0, 0.05) is 26.2 Å². The number of hydrogen-bond acceptors (Lipinski definition) is 4. The summed E-state index contributed by atoms with van der Waals surface area (Å²) < 4.78 is 11.6. The van der Waals surface area contributed by atoms with Gasteiger partial charge in [-0.15, -0.1) is 0 Å². The largest absolute Gasteiger partial charge is 0.490 e. The van der Waals surface area contributed by atoms with Gasteiger partial charge in [-0.05, 0) is 54.7 Å². The predicted octanol–water partition coefficient (Wildman–Crippen LogP) is 5.58. The predicted molar refractivity (Wildman–Crippen MR) is 134 cm³/mol. The first kappa shape index (κ1) is 25.3. The van der Waals surface area contributed by atoms with Gasteiger partial charge >= 0.3 is 0 Å². The van der Waals surface area contributed by atoms with Gasteiger partial charge in [-0.3, -0.25) is 9.59 Å². The molecule has 0 saturated carbocycles. The number of carbonyl (C=O) groups is 2. The minimum Gasteiger partial charge on any atom is -0.490 e. The van der Waals surface area contributed by atoms with E-state index >= 15 is 0 Å². The molecule has 2 amide bonds. The smallest absolute Gasteiger partial charge is 0.225 e. The number of fused-ring (bicyclic) bond motifs is 1. The molecule has 2 aromatic rings. The number of nitrogens with zero attached hydrogens (tertiary/aromatic N) is 2. The van der Waals surface area contributed by atoms with E-state index in [-0.39, 0.29) is 24.3 Å². The summed E-state index contributed by atoms with van der Waals surface area (Å²) in [6.45, 7) is 9.90. The van der Waals surface area contributed by atoms with E-state index < -0.39 is 0 Å². The molecule has 0 bridgehead atoms. The van der Waals surface area contributed by atoms with Gasteiger partial charge in [0.05, 0.1) is 25.7 Å². The number of carbonyl (C=O) groups excluding carboxylic acids is 2. The molecule has 1 aliphatic rings. The first-order chi connectivity index (χ1) is 16.5. The first-order valence-electron chi connectivity index (χ1n) is 12.2. The molecule has 0 aromatic heterocycles. The van der Waals surface area contributed by atoms with Crippen LogP contribution in [-0.4, -0.2) is 41.4 Å². The van der Waals surface area contributed by atoms with Crippen LogP contribution in [0, 0.1) is 0 Å². The van der Waals surface area contributed by atoms with Gasteiger partial charge in [0.1, 0.15) is 0 Å². The zero-order valence-corrected chi connectivity index (χ0v) is 20.8. The molecule has 182 valence electrons. The van der Waals surface area contributed by atoms with Crippen molar-refractivity contribution in [2.45, 2.75) is 59.5 Å². The molecular formula is C28H36N2O4. The number of amides is 2. The molecule has 0 saturated heterocycles. The molecule has 34 heavy (non-hydrogen) atoms. The molecule has 0 radical (unpaired) electrons. The minimum atomic E-state index is -0.311. The van der Waals surface area contributed by atoms with Gasteiger partial charge < -0.3 is 19.3 Å². The van der Waals surface area contributed by atoms with Crippen molar-refractivity contribution in [3.8, 4) is 11.5 Å². The van der Waals surface area contributed by atoms with E-state index in [2.05, 4.69) is 13.8 Å². The van der Waals surface area contributed by atoms with Crippen LogP contribution in [-0.2, 0) is 16.1 Å². The van der Waals surface area contributed by atoms with Gasteiger partial charge in [-0.25, -0.2) is 0 Å². The van der Waals surface area contributed by atoms with Crippen LogP contribution in [0.15, 0.2) is 48.7 Å². The fourth-order valence-electron chi connectivity index (χ4n) is 4.24. The zero-order valence-electron chi connectivity index (χ0n) is 20.8. The quantitative estimate of drug-likeness (QED) is 0.436. The van der Waals surface area contributed by atoms with E-state index in [9.17, 15) is 9.59 Å². The Morgan fingerprint density at radius 1 is 1.00 bits per heavy atom. The van der Waals surface area contributed by atoms with Crippen LogP contribution < -0.4 is 9.47 Å². The van der Waals surface area contributed by atoms with Gasteiger partial charge in [-0.2, -0.15) is 0 Å². The lowest BCUT2D eigenvalue weighted by Crippen LogP contribution is -2.37. The molecule has 6 heteroatoms. The summed E-state index contributed by atoms with van der Waals surface area (Å²) in [7, 11) is 0. The van der Waals surface area contributed by atoms with Crippen LogP contribution in [0.5, 0.6) is 11.5 Å². The van der Waals surface area contributed by atoms with Crippen molar-refractivity contribution in [1.82, 2.24) is 9.80 Å². The third kappa shape index (κ3) is 6.19. The van der Waals surface area contributed by atoms with E-state index in [1.54, 1.807) is 11.1 Å². The number of rotatable bonds is 11. The molecule has 0 N–H and O–H groups in total. The lowest BCUT2D eigenvalue weighted by atomic mass is 9.93. The second-order valence-corrected chi connectivity index (χ2v) is 8.47. The summed E-state index contributed by atoms with van der Waals surface area (Å²) in [5.74, 6) is 1.37. The first-order valence-corrected chi connectivity index (χ1v) is 12.2. The van der Waals surface area contributed by atoms with Gasteiger partial charge in [-0.1, -0.05) is 44.2 Å². The highest BCUT2D eigenvalue weighted by Crippen LogP contribution is 2.34. The zero-order chi connectivity index (χ0) is 24.5. The van der Waals surface area contributed by atoms with Crippen LogP contribution >= 0.6 is 0 Å². The van der Waals surface area contributed by atoms with Crippen molar-refractivity contribution in [2.75, 3.05) is 19.8 Å². The van der Waals surface area contributed by atoms with E-state index in [0.29, 0.717) is 32.1 Å². The van der Waals surface area contributed by atoms with Crippen LogP contribution in [0.25, 0.3) is 6.08 Å². The number of benzene rings is 2. The molecule has 6 nitrogen and oxygen atoms in total. The number of hydrogen-bond donors (Lipinski definition) is 0. The molecule has 0 spiro atoms. The Morgan fingerprint density at radius 2 is 1.79 bits per heavy atom. The SMILES string of the molecule is CCCOc1ccc(CN(CCC)C(=O)CC2c3ccccc3C=CN2C(C)=O)cc1OCC. The highest BCUT2D eigenvalue weighted by Gasteiger charge is 2.29. The van der Waals surface area contributed by atoms with Crippen molar-refractivity contribution in [1.29, 1.82) is 0 Å². The molecule has 1 unspecified atom stereocenters. The standard InChI is InChI=1S/C28H36N2O4/c1-5-15-29(20-22-12-13-26(34-17-6-2)27(18-22)33-7-3)28(32)19-25-24-11-9-8-10-23(24)14-16-30(25)21(4)31/h8-14,16,18,25H,5-7,15,17,19-20H2,1-4H3. The maximum Gasteiger partial charge on any atom is 0.225 e. The van der Waals surface area contributed by atoms with Gasteiger partial charge in [0.25, 0.3) is 0 Å². The lowest BCUT2D eigenvalue weighted by Gasteiger charge is -2.34. The average molecular weight is 465 g/mol. The van der Waals surface area contributed by atoms with E-state index in [4.69, 9.17) is 9.47 Å². The van der Waals surface area contributed by atoms with Gasteiger partial charge in [0.15, 0.2) is 11.5 Å². The fraction of sp³-hybridized carbons (Fsp3) is 0.429. The van der Waals surface area contributed by atoms with Crippen molar-refractivity contribution in [2.24, 2.45) is 0 Å². The molecular weight excluding hydrogens is 428 g/mol. The average Bonchev–Trinajstić information content (AvgIpc) is 2.83. The summed E-state index contributed by atoms with van der Waals surface area (Å²) in [5.41, 5.74) is 3.03. The van der Waals surface area contributed by atoms with Crippen LogP contribution in [0.3, 0.4) is 0 Å². The molecule has 1 atom stereocenters. The van der Waals surface area contributed by atoms with Crippen molar-refractivity contribution >= 4 is 17.9 Å². The second-order valence-electron chi connectivity index (χ2n) is 8.47. The Morgan fingerprint density at radius 3 is 2.50 bits per heavy atom. The third-order valence-electron chi connectivity index (χ3n) is 5.83. The molecule has 2 aromatic carbocycles. The topological polar surface area (TPSA) is 59.1 Å². The Balaban J connectivity index is 1.81. The molecule has 0 aliphatic carbocycles. The Hall–Kier alpha value is -3.28. The van der Waals surface area contributed by atoms with Gasteiger partial charge in [0.2, 0.25) is 11.8 Å². The summed E-state index contributed by atoms with van der Waals surface area (Å²) in [4.78, 5) is 29.4. The second kappa shape index (κ2) is 12.3. The summed E-state index contributed by atoms with van der Waals surface area (Å²) in [6.07, 6.45) is 5.72. The number of ether oxygens (including phenoxy) is 2. The Labute approximate surface area is 203 Å². The van der Waals surface area contributed by atoms with Crippen LogP contribution in [0.1, 0.15) is 69.7 Å². The van der Waals surface area contributed by atoms with Crippen LogP contribution in [0.4, 0.5) is 0 Å². The third-order valence-corrected chi connectivity index (χ3v) is 5.83. The van der Waals surface area contributed by atoms with E-state index in [1.807, 2.05) is 60.4 Å². The fourth-order valence-corrected chi connectivity index (χ4v) is 4.24. The maximum atomic E-state index is 13.5. The normalized spacial score (nSPS) is 14.5. The van der Waals surface area contributed by atoms with Crippen molar-refractivity contribution in [3.05, 3.63) is 65.4 Å². The summed E-state index contributed by atoms with van der Waals surface area (Å²) in [6, 6.07) is 13.5. The van der Waals surface area contributed by atoms with E-state index in [0.717, 1.165) is 35.3 Å². The van der Waals surface area contributed by atoms with Crippen LogP contribution in [0.2, 0.25) is 0 Å². The Bertz CT molecular complexity index is 1020. The summed E-state index contributed by atoms with van der Waals surface area (Å²) >= 11 is 0. The molecule has 3 rings (SSSR count). The highest BCUT2D eigenvalue weighted by molar-refractivity contribution is 5.82. The van der Waals surface area contributed by atoms with Crippen molar-refractivity contribution < 1.29 is 19.1 Å². The van der Waals surface area contributed by atoms with Crippen molar-refractivity contribution in [3.63, 3.8) is 0 Å². The highest BCUT2D eigenvalue weighted by atomic mass is 16.5. The summed E-state index contributed by atoms with van der Waals surface area (Å²) in [5, 5.41) is 0. The molecule has 1 aliphatic heterocycles. The monoisotopic (exact) mass is 464 g/mol. The Kier molecular flexibility index (Phi) is 9.14. The minimum absolute atomic E-state index is 0.0208. The molecule has 0 fully saturated rings.